The van der Waals surface area contributed by atoms with E-state index in [-0.39, 0.29) is 5.88 Å². The molecule has 0 saturated carbocycles. The van der Waals surface area contributed by atoms with Gasteiger partial charge in [0, 0.05) is 4.47 Å². The van der Waals surface area contributed by atoms with Gasteiger partial charge in [0.2, 0.25) is 5.88 Å². The Morgan fingerprint density at radius 1 is 1.26 bits per heavy atom. The predicted molar refractivity (Wildman–Crippen MR) is 81.0 cm³/mol. The lowest BCUT2D eigenvalue weighted by Gasteiger charge is -2.11. The average Bonchev–Trinajstić information content (AvgIpc) is 2.37. The van der Waals surface area contributed by atoms with Gasteiger partial charge in [0.15, 0.2) is 5.82 Å². The van der Waals surface area contributed by atoms with Crippen LogP contribution in [0.1, 0.15) is 5.56 Å². The normalized spacial score (nSPS) is 10.4. The van der Waals surface area contributed by atoms with Crippen LogP contribution in [0, 0.1) is 6.92 Å². The molecule has 0 spiro atoms. The van der Waals surface area contributed by atoms with Crippen molar-refractivity contribution in [2.75, 3.05) is 5.43 Å². The number of pyridine rings is 1. The number of hydrogen-bond acceptors (Lipinski definition) is 4. The molecule has 19 heavy (non-hydrogen) atoms. The highest BCUT2D eigenvalue weighted by atomic mass is 79.9. The number of nitrogens with two attached hydrogens (primary N) is 1. The minimum atomic E-state index is 0.236. The minimum Gasteiger partial charge on any atom is -0.437 e. The summed E-state index contributed by atoms with van der Waals surface area (Å²) in [6, 6.07) is 7.20. The molecule has 0 bridgehead atoms. The van der Waals surface area contributed by atoms with Crippen LogP contribution in [0.5, 0.6) is 11.6 Å². The third-order valence-corrected chi connectivity index (χ3v) is 3.44. The van der Waals surface area contributed by atoms with Crippen LogP contribution < -0.4 is 16.0 Å². The molecular formula is C12H10BrCl2N3O. The zero-order chi connectivity index (χ0) is 14.0. The lowest BCUT2D eigenvalue weighted by molar-refractivity contribution is 0.460. The van der Waals surface area contributed by atoms with Crippen molar-refractivity contribution >= 4 is 44.9 Å². The fourth-order valence-electron chi connectivity index (χ4n) is 1.41. The molecule has 0 saturated heterocycles. The second-order valence-electron chi connectivity index (χ2n) is 3.76. The quantitative estimate of drug-likeness (QED) is 0.621. The first-order valence-electron chi connectivity index (χ1n) is 5.28. The molecule has 1 aromatic heterocycles. The number of halogens is 3. The van der Waals surface area contributed by atoms with E-state index in [0.717, 1.165) is 10.0 Å². The number of nitrogens with one attached hydrogen (secondary N) is 1. The number of nitrogen functional groups attached to an aromatic ring is 1. The SMILES string of the molecule is Cc1ccc(Br)cc1Oc1nc(NN)c(Cl)cc1Cl. The first kappa shape index (κ1) is 14.4. The van der Waals surface area contributed by atoms with Crippen molar-refractivity contribution in [2.45, 2.75) is 6.92 Å². The second-order valence-corrected chi connectivity index (χ2v) is 5.49. The van der Waals surface area contributed by atoms with Crippen LogP contribution in [0.3, 0.4) is 0 Å². The Labute approximate surface area is 129 Å². The molecule has 0 fully saturated rings. The van der Waals surface area contributed by atoms with Crippen LogP contribution in [0.2, 0.25) is 10.0 Å². The Bertz CT molecular complexity index is 622. The summed E-state index contributed by atoms with van der Waals surface area (Å²) in [5.41, 5.74) is 3.34. The molecule has 0 atom stereocenters. The summed E-state index contributed by atoms with van der Waals surface area (Å²) >= 11 is 15.3. The van der Waals surface area contributed by atoms with E-state index >= 15 is 0 Å². The molecule has 0 aliphatic heterocycles. The number of rotatable bonds is 3. The molecule has 0 unspecified atom stereocenters. The van der Waals surface area contributed by atoms with Crippen molar-refractivity contribution in [1.29, 1.82) is 0 Å². The van der Waals surface area contributed by atoms with Gasteiger partial charge in [0.1, 0.15) is 10.8 Å². The molecule has 2 aromatic rings. The van der Waals surface area contributed by atoms with Gasteiger partial charge in [-0.3, -0.25) is 0 Å². The van der Waals surface area contributed by atoms with E-state index < -0.39 is 0 Å². The van der Waals surface area contributed by atoms with E-state index in [9.17, 15) is 0 Å². The number of ether oxygens (including phenoxy) is 1. The van der Waals surface area contributed by atoms with Gasteiger partial charge in [-0.1, -0.05) is 45.2 Å². The molecule has 1 heterocycles. The summed E-state index contributed by atoms with van der Waals surface area (Å²) in [6.45, 7) is 1.92. The lowest BCUT2D eigenvalue weighted by atomic mass is 10.2. The van der Waals surface area contributed by atoms with E-state index in [1.807, 2.05) is 25.1 Å². The molecule has 1 aromatic carbocycles. The van der Waals surface area contributed by atoms with Gasteiger partial charge in [0.25, 0.3) is 0 Å². The summed E-state index contributed by atoms with van der Waals surface area (Å²) in [4.78, 5) is 4.12. The number of hydrogen-bond donors (Lipinski definition) is 2. The fourth-order valence-corrected chi connectivity index (χ4v) is 2.20. The van der Waals surface area contributed by atoms with Gasteiger partial charge in [-0.15, -0.1) is 0 Å². The standard InChI is InChI=1S/C12H10BrCl2N3O/c1-6-2-3-7(13)4-10(6)19-12-9(15)5-8(14)11(17-12)18-16/h2-5H,16H2,1H3,(H,17,18). The van der Waals surface area contributed by atoms with Crippen LogP contribution in [0.15, 0.2) is 28.7 Å². The van der Waals surface area contributed by atoms with Crippen LogP contribution in [0.25, 0.3) is 0 Å². The number of benzene rings is 1. The zero-order valence-electron chi connectivity index (χ0n) is 9.88. The summed E-state index contributed by atoms with van der Waals surface area (Å²) in [7, 11) is 0. The number of nitrogens with zero attached hydrogens (tertiary/aromatic N) is 1. The third kappa shape index (κ3) is 3.30. The van der Waals surface area contributed by atoms with Crippen LogP contribution in [-0.2, 0) is 0 Å². The van der Waals surface area contributed by atoms with Crippen LogP contribution >= 0.6 is 39.1 Å². The molecule has 0 aliphatic carbocycles. The Balaban J connectivity index is 2.40. The van der Waals surface area contributed by atoms with E-state index in [4.69, 9.17) is 33.8 Å². The minimum absolute atomic E-state index is 0.236. The van der Waals surface area contributed by atoms with Crippen molar-refractivity contribution in [3.05, 3.63) is 44.3 Å². The summed E-state index contributed by atoms with van der Waals surface area (Å²) in [5.74, 6) is 6.50. The molecule has 3 N–H and O–H groups in total. The van der Waals surface area contributed by atoms with Crippen molar-refractivity contribution in [2.24, 2.45) is 5.84 Å². The monoisotopic (exact) mass is 361 g/mol. The van der Waals surface area contributed by atoms with Gasteiger partial charge in [0.05, 0.1) is 5.02 Å². The average molecular weight is 363 g/mol. The molecule has 7 heteroatoms. The number of aryl methyl sites for hydroxylation is 1. The van der Waals surface area contributed by atoms with E-state index in [2.05, 4.69) is 26.3 Å². The first-order chi connectivity index (χ1) is 9.01. The highest BCUT2D eigenvalue weighted by molar-refractivity contribution is 9.10. The van der Waals surface area contributed by atoms with E-state index in [1.54, 1.807) is 0 Å². The van der Waals surface area contributed by atoms with Crippen LogP contribution in [0.4, 0.5) is 5.82 Å². The number of anilines is 1. The lowest BCUT2D eigenvalue weighted by Crippen LogP contribution is -2.09. The van der Waals surface area contributed by atoms with Gasteiger partial charge in [-0.25, -0.2) is 5.84 Å². The van der Waals surface area contributed by atoms with Crippen molar-refractivity contribution in [3.8, 4) is 11.6 Å². The van der Waals surface area contributed by atoms with E-state index in [1.165, 1.54) is 6.07 Å². The topological polar surface area (TPSA) is 60.2 Å². The van der Waals surface area contributed by atoms with Gasteiger partial charge in [-0.2, -0.15) is 4.98 Å². The zero-order valence-corrected chi connectivity index (χ0v) is 13.0. The van der Waals surface area contributed by atoms with Crippen molar-refractivity contribution in [3.63, 3.8) is 0 Å². The van der Waals surface area contributed by atoms with Crippen molar-refractivity contribution in [1.82, 2.24) is 4.98 Å². The van der Waals surface area contributed by atoms with Crippen LogP contribution in [-0.4, -0.2) is 4.98 Å². The molecular weight excluding hydrogens is 353 g/mol. The van der Waals surface area contributed by atoms with Gasteiger partial charge >= 0.3 is 0 Å². The molecule has 2 rings (SSSR count). The summed E-state index contributed by atoms with van der Waals surface area (Å²) < 4.78 is 6.59. The van der Waals surface area contributed by atoms with Gasteiger partial charge < -0.3 is 10.2 Å². The highest BCUT2D eigenvalue weighted by Gasteiger charge is 2.12. The second kappa shape index (κ2) is 5.96. The molecule has 0 aliphatic rings. The number of aromatic nitrogens is 1. The van der Waals surface area contributed by atoms with Crippen molar-refractivity contribution < 1.29 is 4.74 Å². The smallest absolute Gasteiger partial charge is 0.240 e. The maximum atomic E-state index is 6.05. The molecule has 0 radical (unpaired) electrons. The first-order valence-corrected chi connectivity index (χ1v) is 6.83. The van der Waals surface area contributed by atoms with Gasteiger partial charge in [-0.05, 0) is 30.7 Å². The molecule has 0 amide bonds. The summed E-state index contributed by atoms with van der Waals surface area (Å²) in [6.07, 6.45) is 0. The Morgan fingerprint density at radius 2 is 2.00 bits per heavy atom. The van der Waals surface area contributed by atoms with E-state index in [0.29, 0.717) is 21.6 Å². The maximum Gasteiger partial charge on any atom is 0.240 e. The Hall–Kier alpha value is -1.01. The fraction of sp³-hybridized carbons (Fsp3) is 0.0833. The molecule has 4 nitrogen and oxygen atoms in total. The Morgan fingerprint density at radius 3 is 2.68 bits per heavy atom. The Kier molecular flexibility index (Phi) is 4.52. The largest absolute Gasteiger partial charge is 0.437 e. The highest BCUT2D eigenvalue weighted by Crippen LogP contribution is 2.34. The molecule has 100 valence electrons. The third-order valence-electron chi connectivity index (χ3n) is 2.39. The maximum absolute atomic E-state index is 6.05. The summed E-state index contributed by atoms with van der Waals surface area (Å²) in [5, 5.41) is 0.634. The number of hydrazine groups is 1. The predicted octanol–water partition coefficient (Wildman–Crippen LogP) is 4.54.